The zero-order chi connectivity index (χ0) is 17.2. The number of thioether (sulfide) groups is 1. The summed E-state index contributed by atoms with van der Waals surface area (Å²) in [5.74, 6) is -1.92. The van der Waals surface area contributed by atoms with Gasteiger partial charge in [-0.15, -0.1) is 10.2 Å². The predicted octanol–water partition coefficient (Wildman–Crippen LogP) is 0.101. The van der Waals surface area contributed by atoms with Gasteiger partial charge in [0.15, 0.2) is 4.34 Å². The van der Waals surface area contributed by atoms with Crippen LogP contribution in [-0.4, -0.2) is 66.8 Å². The normalized spacial score (nSPS) is 28.0. The molecular formula is C12H11N5O5S2. The molecule has 4 heterocycles. The molecule has 0 aliphatic carbocycles. The number of aromatic nitrogens is 2. The highest BCUT2D eigenvalue weighted by Gasteiger charge is 2.64. The molecule has 1 aromatic rings. The second kappa shape index (κ2) is 5.08. The summed E-state index contributed by atoms with van der Waals surface area (Å²) < 4.78 is 0.494. The van der Waals surface area contributed by atoms with Gasteiger partial charge in [0.2, 0.25) is 5.13 Å². The molecule has 3 atom stereocenters. The number of anilines is 1. The Kier molecular flexibility index (Phi) is 3.22. The number of nitrogens with zero attached hydrogens (tertiary/aromatic N) is 4. The summed E-state index contributed by atoms with van der Waals surface area (Å²) in [6, 6.07) is -1.27. The smallest absolute Gasteiger partial charge is 0.408 e. The number of piperidine rings is 1. The van der Waals surface area contributed by atoms with E-state index in [-0.39, 0.29) is 23.3 Å². The van der Waals surface area contributed by atoms with Crippen LogP contribution in [0.5, 0.6) is 0 Å². The summed E-state index contributed by atoms with van der Waals surface area (Å²) in [5.41, 5.74) is 5.47. The minimum Gasteiger partial charge on any atom is -0.477 e. The van der Waals surface area contributed by atoms with Crippen LogP contribution >= 0.6 is 23.1 Å². The maximum absolute atomic E-state index is 12.4. The number of carbonyl (C=O) groups excluding carboxylic acids is 1. The van der Waals surface area contributed by atoms with E-state index >= 15 is 0 Å². The number of hydrogen-bond acceptors (Lipinski definition) is 8. The van der Waals surface area contributed by atoms with Gasteiger partial charge in [-0.05, 0) is 6.42 Å². The van der Waals surface area contributed by atoms with Crippen LogP contribution in [0, 0.1) is 5.92 Å². The first-order chi connectivity index (χ1) is 11.4. The standard InChI is InChI=1S/C12H11N5O5S2/c13-10-14-15-11(24-10)23-7-3-1-2-16(12(21)22)5-4(3)17(8(5)18)6(7)9(19)20/h3-5H,1-2H2,(H2,13,14)(H,19,20)(H,21,22)/t3?,4-,5+/m1/s1. The molecule has 10 nitrogen and oxygen atoms in total. The molecule has 0 aromatic carbocycles. The summed E-state index contributed by atoms with van der Waals surface area (Å²) >= 11 is 2.27. The van der Waals surface area contributed by atoms with Crippen molar-refractivity contribution in [2.24, 2.45) is 5.92 Å². The lowest BCUT2D eigenvalue weighted by Crippen LogP contribution is -2.73. The van der Waals surface area contributed by atoms with Crippen molar-refractivity contribution in [3.63, 3.8) is 0 Å². The number of nitrogens with two attached hydrogens (primary N) is 1. The first kappa shape index (κ1) is 15.2. The van der Waals surface area contributed by atoms with Gasteiger partial charge < -0.3 is 15.9 Å². The van der Waals surface area contributed by atoms with Crippen molar-refractivity contribution in [3.05, 3.63) is 10.6 Å². The Balaban J connectivity index is 1.72. The fourth-order valence-corrected chi connectivity index (χ4v) is 5.54. The van der Waals surface area contributed by atoms with Crippen molar-refractivity contribution in [1.82, 2.24) is 20.0 Å². The SMILES string of the molecule is Nc1nnc(SC2=C(C(=O)O)N3C(=O)[C@@H]4[C@H]3C2CCN4C(=O)O)s1. The number of rotatable bonds is 3. The highest BCUT2D eigenvalue weighted by Crippen LogP contribution is 2.53. The highest BCUT2D eigenvalue weighted by atomic mass is 32.2. The van der Waals surface area contributed by atoms with Gasteiger partial charge in [-0.3, -0.25) is 14.6 Å². The van der Waals surface area contributed by atoms with Gasteiger partial charge in [0, 0.05) is 17.4 Å². The molecule has 0 bridgehead atoms. The Labute approximate surface area is 142 Å². The molecule has 4 N–H and O–H groups in total. The molecule has 126 valence electrons. The van der Waals surface area contributed by atoms with Crippen LogP contribution in [-0.2, 0) is 9.59 Å². The topological polar surface area (TPSA) is 150 Å². The van der Waals surface area contributed by atoms with Crippen LogP contribution in [0.15, 0.2) is 14.9 Å². The minimum atomic E-state index is -1.21. The van der Waals surface area contributed by atoms with Crippen LogP contribution in [0.3, 0.4) is 0 Å². The van der Waals surface area contributed by atoms with E-state index in [2.05, 4.69) is 10.2 Å². The molecule has 2 saturated heterocycles. The van der Waals surface area contributed by atoms with Crippen LogP contribution < -0.4 is 5.73 Å². The van der Waals surface area contributed by atoms with Gasteiger partial charge in [0.05, 0.1) is 6.04 Å². The lowest BCUT2D eigenvalue weighted by molar-refractivity contribution is -0.161. The lowest BCUT2D eigenvalue weighted by Gasteiger charge is -2.52. The van der Waals surface area contributed by atoms with Gasteiger partial charge >= 0.3 is 12.1 Å². The van der Waals surface area contributed by atoms with Crippen LogP contribution in [0.1, 0.15) is 6.42 Å². The van der Waals surface area contributed by atoms with E-state index in [1.54, 1.807) is 0 Å². The van der Waals surface area contributed by atoms with Crippen molar-refractivity contribution in [2.75, 3.05) is 12.3 Å². The number of carboxylic acids is 1. The first-order valence-electron chi connectivity index (χ1n) is 6.97. The highest BCUT2D eigenvalue weighted by molar-refractivity contribution is 8.04. The molecule has 2 amide bonds. The van der Waals surface area contributed by atoms with E-state index in [0.29, 0.717) is 15.7 Å². The number of likely N-dealkylation sites (tertiary alicyclic amines) is 1. The number of amides is 2. The summed E-state index contributed by atoms with van der Waals surface area (Å²) in [6.07, 6.45) is -0.716. The van der Waals surface area contributed by atoms with Gasteiger partial charge in [-0.2, -0.15) is 0 Å². The first-order valence-corrected chi connectivity index (χ1v) is 8.60. The van der Waals surface area contributed by atoms with Crippen molar-refractivity contribution in [1.29, 1.82) is 0 Å². The van der Waals surface area contributed by atoms with Crippen molar-refractivity contribution in [2.45, 2.75) is 22.8 Å². The number of aliphatic carboxylic acids is 1. The number of carboxylic acid groups (broad SMARTS) is 2. The third kappa shape index (κ3) is 1.92. The Bertz CT molecular complexity index is 808. The summed E-state index contributed by atoms with van der Waals surface area (Å²) in [6.45, 7) is 0.190. The third-order valence-corrected chi connectivity index (χ3v) is 6.44. The zero-order valence-electron chi connectivity index (χ0n) is 11.9. The van der Waals surface area contributed by atoms with Gasteiger partial charge in [0.25, 0.3) is 5.91 Å². The van der Waals surface area contributed by atoms with E-state index in [1.165, 1.54) is 4.90 Å². The molecule has 0 radical (unpaired) electrons. The Morgan fingerprint density at radius 1 is 1.33 bits per heavy atom. The fraction of sp³-hybridized carbons (Fsp3) is 0.417. The van der Waals surface area contributed by atoms with Gasteiger partial charge in [-0.1, -0.05) is 23.1 Å². The minimum absolute atomic E-state index is 0.0859. The summed E-state index contributed by atoms with van der Waals surface area (Å²) in [4.78, 5) is 38.2. The van der Waals surface area contributed by atoms with Crippen molar-refractivity contribution in [3.8, 4) is 0 Å². The Hall–Kier alpha value is -2.34. The molecule has 12 heteroatoms. The van der Waals surface area contributed by atoms with E-state index in [9.17, 15) is 24.6 Å². The maximum Gasteiger partial charge on any atom is 0.408 e. The van der Waals surface area contributed by atoms with Crippen LogP contribution in [0.4, 0.5) is 9.93 Å². The third-order valence-electron chi connectivity index (χ3n) is 4.42. The molecule has 2 fully saturated rings. The van der Waals surface area contributed by atoms with Crippen molar-refractivity contribution >= 4 is 46.2 Å². The quantitative estimate of drug-likeness (QED) is 0.630. The van der Waals surface area contributed by atoms with Gasteiger partial charge in [-0.25, -0.2) is 9.59 Å². The molecule has 0 spiro atoms. The number of hydrogen-bond donors (Lipinski definition) is 3. The fourth-order valence-electron chi connectivity index (χ4n) is 3.54. The monoisotopic (exact) mass is 369 g/mol. The number of nitrogen functional groups attached to an aromatic ring is 1. The second-order valence-electron chi connectivity index (χ2n) is 5.54. The van der Waals surface area contributed by atoms with Gasteiger partial charge in [0.1, 0.15) is 11.7 Å². The van der Waals surface area contributed by atoms with E-state index in [4.69, 9.17) is 5.73 Å². The predicted molar refractivity (Wildman–Crippen MR) is 82.1 cm³/mol. The molecular weight excluding hydrogens is 358 g/mol. The second-order valence-corrected chi connectivity index (χ2v) is 7.84. The van der Waals surface area contributed by atoms with E-state index in [0.717, 1.165) is 28.0 Å². The molecule has 1 unspecified atom stereocenters. The summed E-state index contributed by atoms with van der Waals surface area (Å²) in [7, 11) is 0. The molecule has 1 aromatic heterocycles. The average molecular weight is 369 g/mol. The Morgan fingerprint density at radius 2 is 2.08 bits per heavy atom. The molecule has 4 rings (SSSR count). The number of β-lactam (4-membered cyclic amide) rings is 1. The summed E-state index contributed by atoms with van der Waals surface area (Å²) in [5, 5.41) is 26.6. The Morgan fingerprint density at radius 3 is 2.67 bits per heavy atom. The molecule has 24 heavy (non-hydrogen) atoms. The largest absolute Gasteiger partial charge is 0.477 e. The lowest BCUT2D eigenvalue weighted by atomic mass is 9.81. The zero-order valence-corrected chi connectivity index (χ0v) is 13.6. The molecule has 3 aliphatic rings. The average Bonchev–Trinajstić information content (AvgIpc) is 3.07. The van der Waals surface area contributed by atoms with Crippen molar-refractivity contribution < 1.29 is 24.6 Å². The number of carbonyl (C=O) groups is 3. The maximum atomic E-state index is 12.4. The van der Waals surface area contributed by atoms with Crippen LogP contribution in [0.25, 0.3) is 0 Å². The molecule has 3 aliphatic heterocycles. The van der Waals surface area contributed by atoms with Crippen LogP contribution in [0.2, 0.25) is 0 Å². The van der Waals surface area contributed by atoms with E-state index in [1.807, 2.05) is 0 Å². The van der Waals surface area contributed by atoms with E-state index < -0.39 is 30.1 Å². The molecule has 0 saturated carbocycles.